The minimum atomic E-state index is -4.01. The van der Waals surface area contributed by atoms with Crippen LogP contribution in [0, 0.1) is 18.3 Å². The summed E-state index contributed by atoms with van der Waals surface area (Å²) >= 11 is 0. The summed E-state index contributed by atoms with van der Waals surface area (Å²) in [5.41, 5.74) is 0. The first-order valence-corrected chi connectivity index (χ1v) is 16.8. The average Bonchev–Trinajstić information content (AvgIpc) is 2.96. The van der Waals surface area contributed by atoms with E-state index in [0.717, 1.165) is 38.5 Å². The molecule has 0 radical (unpaired) electrons. The zero-order chi connectivity index (χ0) is 31.2. The first-order valence-electron chi connectivity index (χ1n) is 15.1. The van der Waals surface area contributed by atoms with Crippen molar-refractivity contribution in [3.63, 3.8) is 0 Å². The fraction of sp³-hybridized carbons (Fsp3) is 0.862. The molecular formula is C29H54NO11P. The Morgan fingerprint density at radius 1 is 0.762 bits per heavy atom. The van der Waals surface area contributed by atoms with E-state index in [-0.39, 0.29) is 57.4 Å². The Morgan fingerprint density at radius 3 is 1.74 bits per heavy atom. The van der Waals surface area contributed by atoms with E-state index in [4.69, 9.17) is 39.4 Å². The molecule has 0 aliphatic rings. The molecule has 0 fully saturated rings. The zero-order valence-electron chi connectivity index (χ0n) is 25.7. The van der Waals surface area contributed by atoms with Crippen LogP contribution in [-0.4, -0.2) is 109 Å². The van der Waals surface area contributed by atoms with Crippen LogP contribution < -0.4 is 5.32 Å². The number of carbonyl (C=O) groups excluding carboxylic acids is 2. The molecule has 0 aromatic heterocycles. The van der Waals surface area contributed by atoms with Crippen molar-refractivity contribution >= 4 is 19.5 Å². The lowest BCUT2D eigenvalue weighted by molar-refractivity contribution is -0.148. The van der Waals surface area contributed by atoms with Crippen molar-refractivity contribution in [1.82, 2.24) is 5.32 Å². The van der Waals surface area contributed by atoms with Crippen LogP contribution in [0.15, 0.2) is 0 Å². The molecule has 0 aromatic carbocycles. The summed E-state index contributed by atoms with van der Waals surface area (Å²) in [7, 11) is -4.01. The van der Waals surface area contributed by atoms with Crippen LogP contribution in [0.25, 0.3) is 0 Å². The second kappa shape index (κ2) is 29.5. The highest BCUT2D eigenvalue weighted by Crippen LogP contribution is 2.43. The van der Waals surface area contributed by atoms with Gasteiger partial charge in [-0.15, -0.1) is 6.42 Å². The fourth-order valence-electron chi connectivity index (χ4n) is 3.46. The molecule has 1 atom stereocenters. The minimum absolute atomic E-state index is 0.00495. The highest BCUT2D eigenvalue weighted by atomic mass is 31.2. The van der Waals surface area contributed by atoms with Crippen LogP contribution in [-0.2, 0) is 47.1 Å². The third-order valence-electron chi connectivity index (χ3n) is 5.71. The Morgan fingerprint density at radius 2 is 1.24 bits per heavy atom. The molecule has 0 saturated heterocycles. The third kappa shape index (κ3) is 28.6. The number of nitrogens with one attached hydrogen (secondary N) is 1. The lowest BCUT2D eigenvalue weighted by atomic mass is 10.2. The third-order valence-corrected chi connectivity index (χ3v) is 7.28. The van der Waals surface area contributed by atoms with Crippen molar-refractivity contribution in [1.29, 1.82) is 0 Å². The van der Waals surface area contributed by atoms with Crippen molar-refractivity contribution in [2.75, 3.05) is 91.9 Å². The SMILES string of the molecule is C#CCOCCOCCOCCOCCNCCOP(=O)(O)CC(COC(=O)CCCCC)COC(=O)CCCCC. The van der Waals surface area contributed by atoms with Gasteiger partial charge in [-0.25, -0.2) is 0 Å². The van der Waals surface area contributed by atoms with Gasteiger partial charge in [0.25, 0.3) is 0 Å². The van der Waals surface area contributed by atoms with E-state index in [9.17, 15) is 19.0 Å². The van der Waals surface area contributed by atoms with Crippen molar-refractivity contribution in [3.8, 4) is 12.3 Å². The monoisotopic (exact) mass is 623 g/mol. The predicted molar refractivity (Wildman–Crippen MR) is 159 cm³/mol. The first-order chi connectivity index (χ1) is 20.3. The maximum absolute atomic E-state index is 12.7. The number of carbonyl (C=O) groups is 2. The Labute approximate surface area is 252 Å². The van der Waals surface area contributed by atoms with E-state index in [0.29, 0.717) is 59.3 Å². The van der Waals surface area contributed by atoms with E-state index in [1.54, 1.807) is 0 Å². The summed E-state index contributed by atoms with van der Waals surface area (Å²) < 4.78 is 49.8. The highest BCUT2D eigenvalue weighted by Gasteiger charge is 2.27. The first kappa shape index (κ1) is 40.5. The van der Waals surface area contributed by atoms with Gasteiger partial charge >= 0.3 is 19.5 Å². The summed E-state index contributed by atoms with van der Waals surface area (Å²) in [4.78, 5) is 34.4. The molecule has 0 saturated carbocycles. The Hall–Kier alpha value is -1.55. The van der Waals surface area contributed by atoms with E-state index >= 15 is 0 Å². The number of ether oxygens (including phenoxy) is 6. The maximum atomic E-state index is 12.7. The van der Waals surface area contributed by atoms with Crippen LogP contribution >= 0.6 is 7.60 Å². The van der Waals surface area contributed by atoms with Crippen molar-refractivity contribution in [3.05, 3.63) is 0 Å². The molecule has 0 aliphatic carbocycles. The molecule has 42 heavy (non-hydrogen) atoms. The fourth-order valence-corrected chi connectivity index (χ4v) is 4.80. The number of terminal acetylenes is 1. The van der Waals surface area contributed by atoms with Gasteiger partial charge in [0.2, 0.25) is 0 Å². The summed E-state index contributed by atoms with van der Waals surface area (Å²) in [6.07, 6.45) is 10.6. The smallest absolute Gasteiger partial charge is 0.328 e. The molecule has 0 heterocycles. The van der Waals surface area contributed by atoms with Gasteiger partial charge in [-0.2, -0.15) is 0 Å². The predicted octanol–water partition coefficient (Wildman–Crippen LogP) is 3.34. The number of unbranched alkanes of at least 4 members (excludes halogenated alkanes) is 4. The second-order valence-corrected chi connectivity index (χ2v) is 11.5. The molecular weight excluding hydrogens is 569 g/mol. The Balaban J connectivity index is 4.11. The molecule has 0 spiro atoms. The lowest BCUT2D eigenvalue weighted by Gasteiger charge is -2.20. The molecule has 0 bridgehead atoms. The van der Waals surface area contributed by atoms with Crippen LogP contribution in [0.3, 0.4) is 0 Å². The Kier molecular flexibility index (Phi) is 28.4. The normalized spacial score (nSPS) is 12.6. The van der Waals surface area contributed by atoms with Crippen LogP contribution in [0.1, 0.15) is 65.2 Å². The molecule has 0 aliphatic heterocycles. The van der Waals surface area contributed by atoms with Crippen molar-refractivity contribution in [2.24, 2.45) is 5.92 Å². The summed E-state index contributed by atoms with van der Waals surface area (Å²) in [6, 6.07) is 0. The van der Waals surface area contributed by atoms with Gasteiger partial charge in [-0.1, -0.05) is 45.5 Å². The van der Waals surface area contributed by atoms with Crippen LogP contribution in [0.4, 0.5) is 0 Å². The number of hydrogen-bond donors (Lipinski definition) is 2. The highest BCUT2D eigenvalue weighted by molar-refractivity contribution is 7.52. The topological polar surface area (TPSA) is 148 Å². The van der Waals surface area contributed by atoms with E-state index < -0.39 is 13.5 Å². The maximum Gasteiger partial charge on any atom is 0.328 e. The quantitative estimate of drug-likeness (QED) is 0.0505. The van der Waals surface area contributed by atoms with Gasteiger partial charge in [0.15, 0.2) is 0 Å². The molecule has 246 valence electrons. The molecule has 0 rings (SSSR count). The van der Waals surface area contributed by atoms with Gasteiger partial charge < -0.3 is 43.2 Å². The van der Waals surface area contributed by atoms with Gasteiger partial charge in [-0.05, 0) is 12.8 Å². The largest absolute Gasteiger partial charge is 0.465 e. The number of hydrogen-bond acceptors (Lipinski definition) is 11. The molecule has 13 heteroatoms. The van der Waals surface area contributed by atoms with Gasteiger partial charge in [0, 0.05) is 31.8 Å². The van der Waals surface area contributed by atoms with Crippen LogP contribution in [0.2, 0.25) is 0 Å². The Bertz CT molecular complexity index is 722. The molecule has 0 aromatic rings. The standard InChI is InChI=1S/C29H54NO11P/c1-4-7-9-11-28(31)39-24-27(25-40-29(32)12-10-8-5-2)26-42(33,34)41-17-14-30-13-16-36-19-21-38-23-22-37-20-18-35-15-6-3/h3,27,30H,4-5,7-26H2,1-2H3,(H,33,34). The summed E-state index contributed by atoms with van der Waals surface area (Å²) in [5, 5.41) is 3.07. The van der Waals surface area contributed by atoms with Crippen molar-refractivity contribution < 1.29 is 52.0 Å². The van der Waals surface area contributed by atoms with Gasteiger partial charge in [0.05, 0.1) is 72.2 Å². The lowest BCUT2D eigenvalue weighted by Crippen LogP contribution is -2.26. The van der Waals surface area contributed by atoms with E-state index in [1.165, 1.54) is 0 Å². The number of esters is 2. The van der Waals surface area contributed by atoms with E-state index in [1.807, 2.05) is 13.8 Å². The van der Waals surface area contributed by atoms with Gasteiger partial charge in [0.1, 0.15) is 6.61 Å². The zero-order valence-corrected chi connectivity index (χ0v) is 26.6. The average molecular weight is 624 g/mol. The summed E-state index contributed by atoms with van der Waals surface area (Å²) in [6.45, 7) is 8.16. The number of rotatable bonds is 31. The molecule has 1 unspecified atom stereocenters. The minimum Gasteiger partial charge on any atom is -0.465 e. The summed E-state index contributed by atoms with van der Waals surface area (Å²) in [5.74, 6) is 0.989. The van der Waals surface area contributed by atoms with Gasteiger partial charge in [-0.3, -0.25) is 14.2 Å². The van der Waals surface area contributed by atoms with Crippen molar-refractivity contribution in [2.45, 2.75) is 65.2 Å². The van der Waals surface area contributed by atoms with Crippen LogP contribution in [0.5, 0.6) is 0 Å². The molecule has 2 N–H and O–H groups in total. The molecule has 0 amide bonds. The van der Waals surface area contributed by atoms with E-state index in [2.05, 4.69) is 11.2 Å². The second-order valence-electron chi connectivity index (χ2n) is 9.64. The molecule has 12 nitrogen and oxygen atoms in total.